The van der Waals surface area contributed by atoms with E-state index in [1.54, 1.807) is 0 Å². The Labute approximate surface area is 115 Å². The molecule has 0 aromatic carbocycles. The zero-order valence-corrected chi connectivity index (χ0v) is 12.2. The van der Waals surface area contributed by atoms with E-state index >= 15 is 0 Å². The fourth-order valence-corrected chi connectivity index (χ4v) is 3.42. The lowest BCUT2D eigenvalue weighted by atomic mass is 9.78. The van der Waals surface area contributed by atoms with E-state index in [1.807, 2.05) is 11.3 Å². The van der Waals surface area contributed by atoms with Crippen LogP contribution < -0.4 is 5.32 Å². The highest BCUT2D eigenvalue weighted by Gasteiger charge is 2.32. The van der Waals surface area contributed by atoms with Crippen LogP contribution in [0, 0.1) is 5.41 Å². The molecule has 0 aliphatic carbocycles. The molecule has 1 unspecified atom stereocenters. The van der Waals surface area contributed by atoms with Gasteiger partial charge < -0.3 is 10.1 Å². The summed E-state index contributed by atoms with van der Waals surface area (Å²) in [5, 5.41) is 5.77. The molecule has 102 valence electrons. The van der Waals surface area contributed by atoms with Crippen LogP contribution in [0.25, 0.3) is 0 Å². The summed E-state index contributed by atoms with van der Waals surface area (Å²) in [4.78, 5) is 1.51. The Kier molecular flexibility index (Phi) is 5.67. The van der Waals surface area contributed by atoms with Crippen molar-refractivity contribution in [3.8, 4) is 0 Å². The number of hydrogen-bond acceptors (Lipinski definition) is 3. The van der Waals surface area contributed by atoms with Gasteiger partial charge in [-0.3, -0.25) is 0 Å². The molecule has 1 aromatic rings. The van der Waals surface area contributed by atoms with Gasteiger partial charge in [-0.1, -0.05) is 13.0 Å². The molecule has 2 nitrogen and oxygen atoms in total. The molecule has 2 heterocycles. The highest BCUT2D eigenvalue weighted by molar-refractivity contribution is 7.09. The number of aryl methyl sites for hydroxylation is 1. The fourth-order valence-electron chi connectivity index (χ4n) is 2.71. The smallest absolute Gasteiger partial charge is 0.0534 e. The molecule has 1 aliphatic rings. The number of thiophene rings is 1. The van der Waals surface area contributed by atoms with Gasteiger partial charge in [-0.15, -0.1) is 11.3 Å². The van der Waals surface area contributed by atoms with Crippen molar-refractivity contribution >= 4 is 11.3 Å². The Morgan fingerprint density at radius 1 is 1.50 bits per heavy atom. The number of hydrogen-bond donors (Lipinski definition) is 1. The van der Waals surface area contributed by atoms with Crippen molar-refractivity contribution in [3.63, 3.8) is 0 Å². The summed E-state index contributed by atoms with van der Waals surface area (Å²) < 4.78 is 5.75. The van der Waals surface area contributed by atoms with Crippen LogP contribution in [0.15, 0.2) is 17.5 Å². The van der Waals surface area contributed by atoms with E-state index in [4.69, 9.17) is 4.74 Å². The molecular weight excluding hydrogens is 242 g/mol. The summed E-state index contributed by atoms with van der Waals surface area (Å²) in [7, 11) is 0. The molecule has 1 saturated heterocycles. The molecule has 1 aliphatic heterocycles. The fraction of sp³-hybridized carbons (Fsp3) is 0.733. The van der Waals surface area contributed by atoms with E-state index in [0.717, 1.165) is 26.3 Å². The van der Waals surface area contributed by atoms with E-state index < -0.39 is 0 Å². The van der Waals surface area contributed by atoms with Crippen LogP contribution in [0.3, 0.4) is 0 Å². The van der Waals surface area contributed by atoms with Crippen LogP contribution in [0.1, 0.15) is 37.5 Å². The number of rotatable bonds is 7. The standard InChI is InChI=1S/C15H25NOS/c1-2-9-16-12-15(7-4-10-17-13-15)8-6-14-5-3-11-18-14/h3,5,11,16H,2,4,6-10,12-13H2,1H3. The summed E-state index contributed by atoms with van der Waals surface area (Å²) in [5.74, 6) is 0. The van der Waals surface area contributed by atoms with Gasteiger partial charge in [-0.25, -0.2) is 0 Å². The monoisotopic (exact) mass is 267 g/mol. The van der Waals surface area contributed by atoms with Crippen LogP contribution in [-0.2, 0) is 11.2 Å². The van der Waals surface area contributed by atoms with Crippen molar-refractivity contribution in [3.05, 3.63) is 22.4 Å². The minimum atomic E-state index is 0.372. The maximum atomic E-state index is 5.75. The largest absolute Gasteiger partial charge is 0.381 e. The normalized spacial score (nSPS) is 24.3. The summed E-state index contributed by atoms with van der Waals surface area (Å²) in [6.07, 6.45) is 6.20. The van der Waals surface area contributed by atoms with Gasteiger partial charge in [0.2, 0.25) is 0 Å². The van der Waals surface area contributed by atoms with Crippen molar-refractivity contribution in [1.29, 1.82) is 0 Å². The zero-order chi connectivity index (χ0) is 12.7. The maximum absolute atomic E-state index is 5.75. The molecule has 0 bridgehead atoms. The van der Waals surface area contributed by atoms with Crippen molar-refractivity contribution in [2.45, 2.75) is 39.0 Å². The summed E-state index contributed by atoms with van der Waals surface area (Å²) in [6, 6.07) is 4.40. The van der Waals surface area contributed by atoms with Crippen molar-refractivity contribution < 1.29 is 4.74 Å². The van der Waals surface area contributed by atoms with Gasteiger partial charge in [-0.2, -0.15) is 0 Å². The quantitative estimate of drug-likeness (QED) is 0.764. The average molecular weight is 267 g/mol. The second-order valence-electron chi connectivity index (χ2n) is 5.41. The number of ether oxygens (including phenoxy) is 1. The van der Waals surface area contributed by atoms with Crippen LogP contribution >= 0.6 is 11.3 Å². The molecule has 0 amide bonds. The molecule has 1 aromatic heterocycles. The first-order valence-electron chi connectivity index (χ1n) is 7.15. The average Bonchev–Trinajstić information content (AvgIpc) is 2.91. The maximum Gasteiger partial charge on any atom is 0.0534 e. The Bertz CT molecular complexity index is 317. The highest BCUT2D eigenvalue weighted by Crippen LogP contribution is 2.33. The molecule has 1 atom stereocenters. The van der Waals surface area contributed by atoms with Gasteiger partial charge in [0.25, 0.3) is 0 Å². The predicted octanol–water partition coefficient (Wildman–Crippen LogP) is 3.48. The van der Waals surface area contributed by atoms with Crippen LogP contribution in [0.4, 0.5) is 0 Å². The highest BCUT2D eigenvalue weighted by atomic mass is 32.1. The van der Waals surface area contributed by atoms with Gasteiger partial charge in [0.1, 0.15) is 0 Å². The molecule has 3 heteroatoms. The van der Waals surface area contributed by atoms with E-state index in [0.29, 0.717) is 5.41 Å². The van der Waals surface area contributed by atoms with Gasteiger partial charge in [0, 0.05) is 23.4 Å². The van der Waals surface area contributed by atoms with Gasteiger partial charge in [-0.05, 0) is 50.1 Å². The second kappa shape index (κ2) is 7.27. The van der Waals surface area contributed by atoms with E-state index in [1.165, 1.54) is 37.0 Å². The topological polar surface area (TPSA) is 21.3 Å². The molecule has 2 rings (SSSR count). The van der Waals surface area contributed by atoms with E-state index in [2.05, 4.69) is 29.8 Å². The van der Waals surface area contributed by atoms with Gasteiger partial charge >= 0.3 is 0 Å². The van der Waals surface area contributed by atoms with Gasteiger partial charge in [0.15, 0.2) is 0 Å². The van der Waals surface area contributed by atoms with Crippen LogP contribution in [0.2, 0.25) is 0 Å². The third kappa shape index (κ3) is 4.08. The molecule has 1 fully saturated rings. The first-order chi connectivity index (χ1) is 8.85. The lowest BCUT2D eigenvalue weighted by Gasteiger charge is -2.37. The first kappa shape index (κ1) is 14.0. The third-order valence-electron chi connectivity index (χ3n) is 3.81. The lowest BCUT2D eigenvalue weighted by molar-refractivity contribution is -0.0116. The minimum absolute atomic E-state index is 0.372. The molecule has 0 radical (unpaired) electrons. The third-order valence-corrected chi connectivity index (χ3v) is 4.75. The van der Waals surface area contributed by atoms with Crippen LogP contribution in [0.5, 0.6) is 0 Å². The van der Waals surface area contributed by atoms with E-state index in [9.17, 15) is 0 Å². The molecule has 18 heavy (non-hydrogen) atoms. The first-order valence-corrected chi connectivity index (χ1v) is 8.03. The summed E-state index contributed by atoms with van der Waals surface area (Å²) in [6.45, 7) is 6.36. The molecule has 1 N–H and O–H groups in total. The minimum Gasteiger partial charge on any atom is -0.381 e. The number of nitrogens with one attached hydrogen (secondary N) is 1. The Hall–Kier alpha value is -0.380. The molecule has 0 saturated carbocycles. The predicted molar refractivity (Wildman–Crippen MR) is 78.3 cm³/mol. The van der Waals surface area contributed by atoms with Crippen molar-refractivity contribution in [2.24, 2.45) is 5.41 Å². The van der Waals surface area contributed by atoms with Crippen molar-refractivity contribution in [2.75, 3.05) is 26.3 Å². The van der Waals surface area contributed by atoms with Crippen molar-refractivity contribution in [1.82, 2.24) is 5.32 Å². The van der Waals surface area contributed by atoms with Gasteiger partial charge in [0.05, 0.1) is 6.61 Å². The lowest BCUT2D eigenvalue weighted by Crippen LogP contribution is -2.41. The van der Waals surface area contributed by atoms with E-state index in [-0.39, 0.29) is 0 Å². The zero-order valence-electron chi connectivity index (χ0n) is 11.4. The molecular formula is C15H25NOS. The van der Waals surface area contributed by atoms with Crippen LogP contribution in [-0.4, -0.2) is 26.3 Å². The second-order valence-corrected chi connectivity index (χ2v) is 6.44. The Morgan fingerprint density at radius 3 is 3.11 bits per heavy atom. The Balaban J connectivity index is 1.86. The SMILES string of the molecule is CCCNCC1(CCc2cccs2)CCCOC1. The summed E-state index contributed by atoms with van der Waals surface area (Å²) >= 11 is 1.88. The summed E-state index contributed by atoms with van der Waals surface area (Å²) in [5.41, 5.74) is 0.372. The molecule has 0 spiro atoms. The Morgan fingerprint density at radius 2 is 2.44 bits per heavy atom.